The van der Waals surface area contributed by atoms with Crippen LogP contribution in [0, 0.1) is 11.8 Å². The standard InChI is InChI=1S/C27H35NO2S/c1-5-15-27(28-31(29)26(2,3)4)23-12-13-24(27)17-22-18-25(14-11-21(22)16-23)30-19-20-9-7-6-8-10-20/h5-11,14,18,23-24,28H,1,12-13,15-17,19H2,2-4H3/t23-,24+,27-,31?/m1/s1. The number of fused-ring (bicyclic) bond motifs is 3. The first-order valence-corrected chi connectivity index (χ1v) is 12.6. The van der Waals surface area contributed by atoms with E-state index < -0.39 is 11.0 Å². The van der Waals surface area contributed by atoms with E-state index in [-0.39, 0.29) is 10.3 Å². The van der Waals surface area contributed by atoms with Gasteiger partial charge >= 0.3 is 0 Å². The molecule has 2 aromatic rings. The smallest absolute Gasteiger partial charge is 0.120 e. The molecule has 4 rings (SSSR count). The second kappa shape index (κ2) is 8.91. The van der Waals surface area contributed by atoms with Crippen molar-refractivity contribution in [3.8, 4) is 5.75 Å². The van der Waals surface area contributed by atoms with Crippen LogP contribution in [-0.2, 0) is 30.4 Å². The second-order valence-electron chi connectivity index (χ2n) is 10.1. The van der Waals surface area contributed by atoms with Crippen LogP contribution in [-0.4, -0.2) is 14.5 Å². The van der Waals surface area contributed by atoms with Crippen LogP contribution in [0.4, 0.5) is 0 Å². The number of hydrogen-bond donors (Lipinski definition) is 1. The minimum absolute atomic E-state index is 0.149. The number of ether oxygens (including phenoxy) is 1. The summed E-state index contributed by atoms with van der Waals surface area (Å²) in [7, 11) is -1.10. The Bertz CT molecular complexity index is 949. The average molecular weight is 438 g/mol. The largest absolute Gasteiger partial charge is 0.489 e. The van der Waals surface area contributed by atoms with Crippen molar-refractivity contribution in [3.05, 3.63) is 77.9 Å². The van der Waals surface area contributed by atoms with E-state index in [2.05, 4.69) is 41.6 Å². The topological polar surface area (TPSA) is 38.3 Å². The number of benzene rings is 2. The molecule has 1 fully saturated rings. The lowest BCUT2D eigenvalue weighted by Crippen LogP contribution is -2.56. The summed E-state index contributed by atoms with van der Waals surface area (Å²) in [5, 5.41) is 0. The molecule has 2 aliphatic carbocycles. The lowest BCUT2D eigenvalue weighted by atomic mass is 9.77. The first-order valence-electron chi connectivity index (χ1n) is 11.4. The van der Waals surface area contributed by atoms with Gasteiger partial charge in [0, 0.05) is 5.54 Å². The van der Waals surface area contributed by atoms with Crippen LogP contribution in [0.3, 0.4) is 0 Å². The fraction of sp³-hybridized carbons (Fsp3) is 0.481. The Balaban J connectivity index is 1.57. The monoisotopic (exact) mass is 437 g/mol. The van der Waals surface area contributed by atoms with Gasteiger partial charge in [-0.3, -0.25) is 0 Å². The van der Waals surface area contributed by atoms with Gasteiger partial charge in [-0.15, -0.1) is 6.58 Å². The molecule has 0 heterocycles. The van der Waals surface area contributed by atoms with Crippen LogP contribution >= 0.6 is 0 Å². The average Bonchev–Trinajstić information content (AvgIpc) is 2.97. The van der Waals surface area contributed by atoms with Gasteiger partial charge in [-0.05, 0) is 93.5 Å². The fourth-order valence-electron chi connectivity index (χ4n) is 5.28. The van der Waals surface area contributed by atoms with Gasteiger partial charge in [-0.25, -0.2) is 8.93 Å². The number of nitrogens with one attached hydrogen (secondary N) is 1. The van der Waals surface area contributed by atoms with E-state index in [4.69, 9.17) is 4.74 Å². The Kier molecular flexibility index (Phi) is 6.41. The Labute approximate surface area is 189 Å². The molecule has 0 aromatic heterocycles. The lowest BCUT2D eigenvalue weighted by Gasteiger charge is -2.41. The third kappa shape index (κ3) is 4.65. The first-order chi connectivity index (χ1) is 14.8. The predicted molar refractivity (Wildman–Crippen MR) is 129 cm³/mol. The van der Waals surface area contributed by atoms with Crippen molar-refractivity contribution < 1.29 is 8.95 Å². The van der Waals surface area contributed by atoms with Crippen LogP contribution in [0.15, 0.2) is 61.2 Å². The lowest BCUT2D eigenvalue weighted by molar-refractivity contribution is 0.228. The molecule has 0 spiro atoms. The normalized spacial score (nSPS) is 26.0. The van der Waals surface area contributed by atoms with Gasteiger partial charge in [-0.1, -0.05) is 42.5 Å². The molecule has 1 saturated carbocycles. The van der Waals surface area contributed by atoms with Crippen LogP contribution in [0.5, 0.6) is 5.75 Å². The molecule has 4 heteroatoms. The molecular weight excluding hydrogens is 402 g/mol. The molecule has 31 heavy (non-hydrogen) atoms. The van der Waals surface area contributed by atoms with Crippen LogP contribution in [0.2, 0.25) is 0 Å². The molecule has 2 bridgehead atoms. The highest BCUT2D eigenvalue weighted by Crippen LogP contribution is 2.50. The van der Waals surface area contributed by atoms with Gasteiger partial charge in [0.1, 0.15) is 12.4 Å². The molecular formula is C27H35NO2S. The van der Waals surface area contributed by atoms with Gasteiger partial charge in [0.05, 0.1) is 15.7 Å². The Morgan fingerprint density at radius 3 is 2.42 bits per heavy atom. The number of hydrogen-bond acceptors (Lipinski definition) is 2. The SMILES string of the molecule is C=CC[C@@]1(NS(=O)C(C)(C)C)[C@@H]2CC[C@H]1Cc1cc(OCc3ccccc3)ccc1C2. The summed E-state index contributed by atoms with van der Waals surface area (Å²) in [5.41, 5.74) is 3.82. The van der Waals surface area contributed by atoms with E-state index in [1.54, 1.807) is 0 Å². The second-order valence-corrected chi connectivity index (χ2v) is 12.1. The third-order valence-corrected chi connectivity index (χ3v) is 8.68. The van der Waals surface area contributed by atoms with E-state index in [1.165, 1.54) is 29.5 Å². The molecule has 2 aromatic carbocycles. The van der Waals surface area contributed by atoms with Gasteiger partial charge < -0.3 is 4.74 Å². The summed E-state index contributed by atoms with van der Waals surface area (Å²) in [6.45, 7) is 10.8. The Morgan fingerprint density at radius 2 is 1.77 bits per heavy atom. The van der Waals surface area contributed by atoms with Crippen LogP contribution in [0.25, 0.3) is 0 Å². The van der Waals surface area contributed by atoms with Crippen molar-refractivity contribution in [2.24, 2.45) is 11.8 Å². The molecule has 0 radical (unpaired) electrons. The van der Waals surface area contributed by atoms with Gasteiger partial charge in [-0.2, -0.15) is 0 Å². The van der Waals surface area contributed by atoms with Gasteiger partial charge in [0.2, 0.25) is 0 Å². The van der Waals surface area contributed by atoms with Crippen molar-refractivity contribution in [2.45, 2.75) is 69.8 Å². The highest BCUT2D eigenvalue weighted by Gasteiger charge is 2.52. The molecule has 0 aliphatic heterocycles. The van der Waals surface area contributed by atoms with E-state index in [9.17, 15) is 4.21 Å². The van der Waals surface area contributed by atoms with Gasteiger partial charge in [0.25, 0.3) is 0 Å². The maximum absolute atomic E-state index is 13.1. The minimum atomic E-state index is -1.10. The zero-order valence-corrected chi connectivity index (χ0v) is 19.8. The van der Waals surface area contributed by atoms with Crippen molar-refractivity contribution in [2.75, 3.05) is 0 Å². The maximum Gasteiger partial charge on any atom is 0.120 e. The quantitative estimate of drug-likeness (QED) is 0.560. The van der Waals surface area contributed by atoms with E-state index in [1.807, 2.05) is 45.0 Å². The van der Waals surface area contributed by atoms with E-state index >= 15 is 0 Å². The minimum Gasteiger partial charge on any atom is -0.489 e. The zero-order valence-electron chi connectivity index (χ0n) is 19.0. The first kappa shape index (κ1) is 22.3. The molecule has 1 N–H and O–H groups in total. The molecule has 166 valence electrons. The van der Waals surface area contributed by atoms with Crippen molar-refractivity contribution >= 4 is 11.0 Å². The highest BCUT2D eigenvalue weighted by molar-refractivity contribution is 7.84. The summed E-state index contributed by atoms with van der Waals surface area (Å²) < 4.78 is 22.6. The summed E-state index contributed by atoms with van der Waals surface area (Å²) in [6, 6.07) is 16.9. The van der Waals surface area contributed by atoms with E-state index in [0.717, 1.165) is 25.0 Å². The Hall–Kier alpha value is -1.91. The molecule has 1 unspecified atom stereocenters. The van der Waals surface area contributed by atoms with Crippen LogP contribution in [0.1, 0.15) is 56.7 Å². The molecule has 2 aliphatic rings. The van der Waals surface area contributed by atoms with Crippen LogP contribution < -0.4 is 9.46 Å². The zero-order chi connectivity index (χ0) is 22.1. The Morgan fingerprint density at radius 1 is 1.10 bits per heavy atom. The van der Waals surface area contributed by atoms with Gasteiger partial charge in [0.15, 0.2) is 0 Å². The van der Waals surface area contributed by atoms with Crippen molar-refractivity contribution in [3.63, 3.8) is 0 Å². The van der Waals surface area contributed by atoms with E-state index in [0.29, 0.717) is 18.4 Å². The van der Waals surface area contributed by atoms with Crippen molar-refractivity contribution in [1.29, 1.82) is 0 Å². The maximum atomic E-state index is 13.1. The summed E-state index contributed by atoms with van der Waals surface area (Å²) in [4.78, 5) is 0. The third-order valence-electron chi connectivity index (χ3n) is 7.00. The summed E-state index contributed by atoms with van der Waals surface area (Å²) in [5.74, 6) is 1.85. The number of rotatable bonds is 7. The molecule has 4 atom stereocenters. The molecule has 0 saturated heterocycles. The molecule has 3 nitrogen and oxygen atoms in total. The fourth-order valence-corrected chi connectivity index (χ4v) is 6.35. The summed E-state index contributed by atoms with van der Waals surface area (Å²) in [6.07, 6.45) is 7.24. The molecule has 0 amide bonds. The highest BCUT2D eigenvalue weighted by atomic mass is 32.2. The predicted octanol–water partition coefficient (Wildman–Crippen LogP) is 5.76. The van der Waals surface area contributed by atoms with Crippen molar-refractivity contribution in [1.82, 2.24) is 4.72 Å². The summed E-state index contributed by atoms with van der Waals surface area (Å²) >= 11 is 0.